The fourth-order valence-electron chi connectivity index (χ4n) is 5.32. The van der Waals surface area contributed by atoms with Gasteiger partial charge in [-0.25, -0.2) is 0 Å². The van der Waals surface area contributed by atoms with Gasteiger partial charge in [-0.05, 0) is 74.8 Å². The minimum atomic E-state index is 0.0213. The molecule has 0 radical (unpaired) electrons. The molecule has 6 aromatic carbocycles. The zero-order valence-corrected chi connectivity index (χ0v) is 18.9. The molecule has 0 unspecified atom stereocenters. The predicted molar refractivity (Wildman–Crippen MR) is 145 cm³/mol. The second-order valence-electron chi connectivity index (χ2n) is 8.67. The SMILES string of the molecule is O=c1c2ccc(Cl)cc2n(-c2ccccc2)c2cc3c4ccccc4c4ccccc4c3cc12. The summed E-state index contributed by atoms with van der Waals surface area (Å²) in [6.45, 7) is 0. The number of halogens is 1. The van der Waals surface area contributed by atoms with Gasteiger partial charge in [-0.15, -0.1) is 0 Å². The molecular formula is C31H18ClNO. The van der Waals surface area contributed by atoms with Crippen molar-refractivity contribution in [2.75, 3.05) is 0 Å². The van der Waals surface area contributed by atoms with E-state index >= 15 is 0 Å². The lowest BCUT2D eigenvalue weighted by molar-refractivity contribution is 1.16. The Morgan fingerprint density at radius 1 is 0.471 bits per heavy atom. The van der Waals surface area contributed by atoms with Gasteiger partial charge in [0.15, 0.2) is 5.43 Å². The molecule has 0 spiro atoms. The first-order chi connectivity index (χ1) is 16.7. The van der Waals surface area contributed by atoms with Crippen LogP contribution in [-0.2, 0) is 0 Å². The molecule has 1 heterocycles. The van der Waals surface area contributed by atoms with Gasteiger partial charge < -0.3 is 4.57 Å². The summed E-state index contributed by atoms with van der Waals surface area (Å²) in [6, 6.07) is 36.8. The molecule has 0 fully saturated rings. The monoisotopic (exact) mass is 455 g/mol. The Hall–Kier alpha value is -4.14. The van der Waals surface area contributed by atoms with Crippen LogP contribution in [0.15, 0.2) is 114 Å². The molecule has 0 N–H and O–H groups in total. The molecule has 0 aliphatic rings. The van der Waals surface area contributed by atoms with Crippen molar-refractivity contribution in [1.82, 2.24) is 4.57 Å². The molecule has 0 saturated carbocycles. The summed E-state index contributed by atoms with van der Waals surface area (Å²) in [6.07, 6.45) is 0. The molecule has 34 heavy (non-hydrogen) atoms. The lowest BCUT2D eigenvalue weighted by Crippen LogP contribution is -2.10. The molecule has 2 nitrogen and oxygen atoms in total. The van der Waals surface area contributed by atoms with Crippen molar-refractivity contribution in [1.29, 1.82) is 0 Å². The number of hydrogen-bond acceptors (Lipinski definition) is 1. The fourth-order valence-corrected chi connectivity index (χ4v) is 5.48. The van der Waals surface area contributed by atoms with Crippen LogP contribution in [0.3, 0.4) is 0 Å². The van der Waals surface area contributed by atoms with Crippen molar-refractivity contribution in [2.45, 2.75) is 0 Å². The maximum atomic E-state index is 13.8. The summed E-state index contributed by atoms with van der Waals surface area (Å²) < 4.78 is 2.15. The van der Waals surface area contributed by atoms with Crippen molar-refractivity contribution < 1.29 is 0 Å². The van der Waals surface area contributed by atoms with Gasteiger partial charge in [0, 0.05) is 21.5 Å². The first-order valence-corrected chi connectivity index (χ1v) is 11.7. The number of fused-ring (bicyclic) bond motifs is 8. The van der Waals surface area contributed by atoms with E-state index in [0.717, 1.165) is 32.9 Å². The highest BCUT2D eigenvalue weighted by Crippen LogP contribution is 2.37. The van der Waals surface area contributed by atoms with Crippen LogP contribution in [0.1, 0.15) is 0 Å². The van der Waals surface area contributed by atoms with Crippen LogP contribution in [0.25, 0.3) is 59.8 Å². The molecule has 7 aromatic rings. The smallest absolute Gasteiger partial charge is 0.197 e. The van der Waals surface area contributed by atoms with Gasteiger partial charge in [0.25, 0.3) is 0 Å². The number of aromatic nitrogens is 1. The van der Waals surface area contributed by atoms with Gasteiger partial charge in [-0.2, -0.15) is 0 Å². The molecule has 0 saturated heterocycles. The van der Waals surface area contributed by atoms with E-state index in [1.165, 1.54) is 16.2 Å². The third kappa shape index (κ3) is 2.66. The molecule has 0 aliphatic heterocycles. The quantitative estimate of drug-likeness (QED) is 0.180. The van der Waals surface area contributed by atoms with E-state index in [2.05, 4.69) is 77.4 Å². The Balaban J connectivity index is 1.80. The van der Waals surface area contributed by atoms with Gasteiger partial charge in [0.2, 0.25) is 0 Å². The van der Waals surface area contributed by atoms with E-state index < -0.39 is 0 Å². The molecule has 3 heteroatoms. The fraction of sp³-hybridized carbons (Fsp3) is 0. The second kappa shape index (κ2) is 7.18. The van der Waals surface area contributed by atoms with E-state index in [1.54, 1.807) is 6.07 Å². The van der Waals surface area contributed by atoms with Gasteiger partial charge in [0.1, 0.15) is 0 Å². The van der Waals surface area contributed by atoms with Crippen molar-refractivity contribution >= 4 is 65.7 Å². The molecule has 0 bridgehead atoms. The molecule has 0 aliphatic carbocycles. The molecule has 160 valence electrons. The highest BCUT2D eigenvalue weighted by Gasteiger charge is 2.16. The van der Waals surface area contributed by atoms with Crippen molar-refractivity contribution in [3.63, 3.8) is 0 Å². The number of rotatable bonds is 1. The molecule has 7 rings (SSSR count). The van der Waals surface area contributed by atoms with E-state index in [9.17, 15) is 4.79 Å². The van der Waals surface area contributed by atoms with Crippen LogP contribution in [0, 0.1) is 0 Å². The number of hydrogen-bond donors (Lipinski definition) is 0. The van der Waals surface area contributed by atoms with Crippen LogP contribution in [0.5, 0.6) is 0 Å². The Morgan fingerprint density at radius 2 is 1.00 bits per heavy atom. The van der Waals surface area contributed by atoms with Crippen molar-refractivity contribution in [3.8, 4) is 5.69 Å². The summed E-state index contributed by atoms with van der Waals surface area (Å²) in [5.74, 6) is 0. The average molecular weight is 456 g/mol. The zero-order valence-electron chi connectivity index (χ0n) is 18.1. The predicted octanol–water partition coefficient (Wildman–Crippen LogP) is 8.26. The van der Waals surface area contributed by atoms with Gasteiger partial charge in [0.05, 0.1) is 11.0 Å². The molecule has 0 amide bonds. The maximum Gasteiger partial charge on any atom is 0.197 e. The minimum Gasteiger partial charge on any atom is -0.309 e. The van der Waals surface area contributed by atoms with E-state index in [1.807, 2.05) is 30.3 Å². The summed E-state index contributed by atoms with van der Waals surface area (Å²) in [5.41, 5.74) is 2.69. The van der Waals surface area contributed by atoms with Gasteiger partial charge in [-0.1, -0.05) is 78.3 Å². The van der Waals surface area contributed by atoms with Crippen LogP contribution in [0.4, 0.5) is 0 Å². The largest absolute Gasteiger partial charge is 0.309 e. The third-order valence-electron chi connectivity index (χ3n) is 6.81. The Kier molecular flexibility index (Phi) is 4.08. The van der Waals surface area contributed by atoms with Crippen LogP contribution in [-0.4, -0.2) is 4.57 Å². The standard InChI is InChI=1S/C31H18ClNO/c32-19-14-15-25-29(16-19)33(20-8-2-1-3-9-20)30-18-27-24-13-7-5-11-22(24)21-10-4-6-12-23(21)26(27)17-28(30)31(25)34/h1-18H. The minimum absolute atomic E-state index is 0.0213. The van der Waals surface area contributed by atoms with Gasteiger partial charge in [-0.3, -0.25) is 4.79 Å². The highest BCUT2D eigenvalue weighted by atomic mass is 35.5. The molecule has 0 atom stereocenters. The maximum absolute atomic E-state index is 13.8. The topological polar surface area (TPSA) is 22.0 Å². The van der Waals surface area contributed by atoms with Crippen molar-refractivity contribution in [3.05, 3.63) is 124 Å². The Morgan fingerprint density at radius 3 is 1.65 bits per heavy atom. The van der Waals surface area contributed by atoms with Crippen LogP contribution >= 0.6 is 11.6 Å². The third-order valence-corrected chi connectivity index (χ3v) is 7.04. The molecular weight excluding hydrogens is 438 g/mol. The highest BCUT2D eigenvalue weighted by molar-refractivity contribution is 6.31. The summed E-state index contributed by atoms with van der Waals surface area (Å²) in [4.78, 5) is 13.8. The molecule has 1 aromatic heterocycles. The van der Waals surface area contributed by atoms with E-state index in [0.29, 0.717) is 15.8 Å². The van der Waals surface area contributed by atoms with Crippen LogP contribution in [0.2, 0.25) is 5.02 Å². The summed E-state index contributed by atoms with van der Waals surface area (Å²) in [5, 5.41) is 8.92. The summed E-state index contributed by atoms with van der Waals surface area (Å²) >= 11 is 6.40. The first-order valence-electron chi connectivity index (χ1n) is 11.3. The lowest BCUT2D eigenvalue weighted by Gasteiger charge is -2.18. The first kappa shape index (κ1) is 19.3. The number of para-hydroxylation sites is 1. The van der Waals surface area contributed by atoms with Crippen molar-refractivity contribution in [2.24, 2.45) is 0 Å². The van der Waals surface area contributed by atoms with E-state index in [4.69, 9.17) is 11.6 Å². The average Bonchev–Trinajstić information content (AvgIpc) is 2.89. The number of pyridine rings is 1. The zero-order chi connectivity index (χ0) is 22.8. The number of nitrogens with zero attached hydrogens (tertiary/aromatic N) is 1. The summed E-state index contributed by atoms with van der Waals surface area (Å²) in [7, 11) is 0. The van der Waals surface area contributed by atoms with Gasteiger partial charge >= 0.3 is 0 Å². The Labute approximate surface area is 200 Å². The Bertz CT molecular complexity index is 1990. The van der Waals surface area contributed by atoms with Crippen LogP contribution < -0.4 is 5.43 Å². The normalized spacial score (nSPS) is 11.8. The second-order valence-corrected chi connectivity index (χ2v) is 9.10. The lowest BCUT2D eigenvalue weighted by atomic mass is 9.93. The number of benzene rings is 6. The van der Waals surface area contributed by atoms with E-state index in [-0.39, 0.29) is 5.43 Å².